The number of benzene rings is 2. The first kappa shape index (κ1) is 23.4. The van der Waals surface area contributed by atoms with Crippen molar-refractivity contribution in [1.29, 1.82) is 0 Å². The summed E-state index contributed by atoms with van der Waals surface area (Å²) in [4.78, 5) is 4.81. The number of hydrogen-bond acceptors (Lipinski definition) is 3. The molecule has 0 aromatic heterocycles. The smallest absolute Gasteiger partial charge is 0.240 e. The lowest BCUT2D eigenvalue weighted by Crippen LogP contribution is -2.38. The lowest BCUT2D eigenvalue weighted by atomic mass is 10.1. The fraction of sp³-hybridized carbons (Fsp3) is 0.316. The fourth-order valence-electron chi connectivity index (χ4n) is 2.37. The Balaban J connectivity index is 0.00000364. The van der Waals surface area contributed by atoms with Crippen LogP contribution in [-0.4, -0.2) is 34.5 Å². The zero-order valence-electron chi connectivity index (χ0n) is 15.6. The van der Waals surface area contributed by atoms with Gasteiger partial charge in [0, 0.05) is 13.1 Å². The van der Waals surface area contributed by atoms with Crippen LogP contribution in [0.15, 0.2) is 64.5 Å². The molecule has 0 unspecified atom stereocenters. The molecule has 6 nitrogen and oxygen atoms in total. The highest BCUT2D eigenvalue weighted by atomic mass is 127. The maximum absolute atomic E-state index is 11.7. The Morgan fingerprint density at radius 1 is 0.963 bits per heavy atom. The quantitative estimate of drug-likeness (QED) is 0.295. The SMILES string of the molecule is CCNC(=NCc1ccc(S(=O)(=O)NC)cc1)NCCc1ccccc1.I. The van der Waals surface area contributed by atoms with Crippen LogP contribution in [0.5, 0.6) is 0 Å². The molecule has 0 aliphatic rings. The molecule has 148 valence electrons. The Bertz CT molecular complexity index is 809. The average molecular weight is 502 g/mol. The summed E-state index contributed by atoms with van der Waals surface area (Å²) in [5, 5.41) is 6.53. The molecule has 27 heavy (non-hydrogen) atoms. The monoisotopic (exact) mass is 502 g/mol. The van der Waals surface area contributed by atoms with Gasteiger partial charge in [-0.2, -0.15) is 0 Å². The van der Waals surface area contributed by atoms with Crippen molar-refractivity contribution < 1.29 is 8.42 Å². The second kappa shape index (κ2) is 11.9. The first-order chi connectivity index (χ1) is 12.5. The van der Waals surface area contributed by atoms with Crippen LogP contribution in [0.1, 0.15) is 18.1 Å². The molecule has 2 rings (SSSR count). The molecule has 0 amide bonds. The van der Waals surface area contributed by atoms with Crippen molar-refractivity contribution in [3.8, 4) is 0 Å². The highest BCUT2D eigenvalue weighted by Gasteiger charge is 2.10. The summed E-state index contributed by atoms with van der Waals surface area (Å²) in [7, 11) is -2.00. The topological polar surface area (TPSA) is 82.6 Å². The Morgan fingerprint density at radius 3 is 2.22 bits per heavy atom. The lowest BCUT2D eigenvalue weighted by molar-refractivity contribution is 0.588. The third-order valence-electron chi connectivity index (χ3n) is 3.82. The fourth-order valence-corrected chi connectivity index (χ4v) is 3.10. The van der Waals surface area contributed by atoms with Gasteiger partial charge in [-0.15, -0.1) is 24.0 Å². The summed E-state index contributed by atoms with van der Waals surface area (Å²) in [5.74, 6) is 0.746. The average Bonchev–Trinajstić information content (AvgIpc) is 2.67. The Morgan fingerprint density at radius 2 is 1.63 bits per heavy atom. The Hall–Kier alpha value is -1.65. The van der Waals surface area contributed by atoms with E-state index in [1.165, 1.54) is 12.6 Å². The summed E-state index contributed by atoms with van der Waals surface area (Å²) in [6, 6.07) is 17.0. The molecule has 0 atom stereocenters. The minimum Gasteiger partial charge on any atom is -0.357 e. The molecule has 8 heteroatoms. The predicted octanol–water partition coefficient (Wildman–Crippen LogP) is 2.51. The van der Waals surface area contributed by atoms with Crippen LogP contribution in [-0.2, 0) is 23.0 Å². The van der Waals surface area contributed by atoms with Crippen molar-refractivity contribution in [3.05, 3.63) is 65.7 Å². The van der Waals surface area contributed by atoms with Crippen molar-refractivity contribution in [2.24, 2.45) is 4.99 Å². The number of rotatable bonds is 8. The van der Waals surface area contributed by atoms with Crippen LogP contribution in [0.4, 0.5) is 0 Å². The highest BCUT2D eigenvalue weighted by molar-refractivity contribution is 14.0. The summed E-state index contributed by atoms with van der Waals surface area (Å²) in [6.07, 6.45) is 0.918. The molecule has 0 bridgehead atoms. The molecule has 0 heterocycles. The molecule has 0 aliphatic heterocycles. The second-order valence-electron chi connectivity index (χ2n) is 5.71. The molecule has 0 radical (unpaired) electrons. The maximum atomic E-state index is 11.7. The number of halogens is 1. The zero-order valence-corrected chi connectivity index (χ0v) is 18.8. The van der Waals surface area contributed by atoms with Crippen molar-refractivity contribution in [2.75, 3.05) is 20.1 Å². The van der Waals surface area contributed by atoms with E-state index >= 15 is 0 Å². The van der Waals surface area contributed by atoms with E-state index in [2.05, 4.69) is 32.5 Å². The van der Waals surface area contributed by atoms with Gasteiger partial charge in [-0.05, 0) is 43.7 Å². The van der Waals surface area contributed by atoms with Crippen LogP contribution >= 0.6 is 24.0 Å². The third-order valence-corrected chi connectivity index (χ3v) is 5.25. The van der Waals surface area contributed by atoms with Crippen molar-refractivity contribution >= 4 is 40.0 Å². The molecular weight excluding hydrogens is 475 g/mol. The highest BCUT2D eigenvalue weighted by Crippen LogP contribution is 2.10. The van der Waals surface area contributed by atoms with Gasteiger partial charge in [-0.3, -0.25) is 0 Å². The van der Waals surface area contributed by atoms with Crippen LogP contribution in [0.25, 0.3) is 0 Å². The van der Waals surface area contributed by atoms with Gasteiger partial charge in [-0.25, -0.2) is 18.1 Å². The van der Waals surface area contributed by atoms with Gasteiger partial charge in [0.25, 0.3) is 0 Å². The van der Waals surface area contributed by atoms with Crippen LogP contribution in [0.2, 0.25) is 0 Å². The Kier molecular flexibility index (Phi) is 10.3. The van der Waals surface area contributed by atoms with Crippen LogP contribution < -0.4 is 15.4 Å². The van der Waals surface area contributed by atoms with E-state index in [1.54, 1.807) is 24.3 Å². The summed E-state index contributed by atoms with van der Waals surface area (Å²) < 4.78 is 25.8. The second-order valence-corrected chi connectivity index (χ2v) is 7.60. The molecule has 0 spiro atoms. The predicted molar refractivity (Wildman–Crippen MR) is 121 cm³/mol. The van der Waals surface area contributed by atoms with Gasteiger partial charge in [-0.1, -0.05) is 42.5 Å². The Labute approximate surface area is 178 Å². The molecule has 3 N–H and O–H groups in total. The molecule has 0 aliphatic carbocycles. The molecular formula is C19H27IN4O2S. The summed E-state index contributed by atoms with van der Waals surface area (Å²) in [5.41, 5.74) is 2.22. The zero-order chi connectivity index (χ0) is 18.8. The van der Waals surface area contributed by atoms with E-state index < -0.39 is 10.0 Å². The van der Waals surface area contributed by atoms with Gasteiger partial charge in [0.05, 0.1) is 11.4 Å². The number of hydrogen-bond donors (Lipinski definition) is 3. The third kappa shape index (κ3) is 7.86. The number of guanidine groups is 1. The first-order valence-electron chi connectivity index (χ1n) is 8.63. The summed E-state index contributed by atoms with van der Waals surface area (Å²) >= 11 is 0. The van der Waals surface area contributed by atoms with Gasteiger partial charge in [0.2, 0.25) is 10.0 Å². The van der Waals surface area contributed by atoms with E-state index in [0.29, 0.717) is 6.54 Å². The standard InChI is InChI=1S/C19H26N4O2S.HI/c1-3-21-19(22-14-13-16-7-5-4-6-8-16)23-15-17-9-11-18(12-10-17)26(24,25)20-2;/h4-12,20H,3,13-15H2,1-2H3,(H2,21,22,23);1H. The normalized spacial score (nSPS) is 11.6. The van der Waals surface area contributed by atoms with Crippen LogP contribution in [0.3, 0.4) is 0 Å². The lowest BCUT2D eigenvalue weighted by Gasteiger charge is -2.11. The molecule has 0 fully saturated rings. The van der Waals surface area contributed by atoms with Gasteiger partial charge in [0.1, 0.15) is 0 Å². The van der Waals surface area contributed by atoms with Crippen molar-refractivity contribution in [3.63, 3.8) is 0 Å². The van der Waals surface area contributed by atoms with E-state index in [0.717, 1.165) is 31.0 Å². The van der Waals surface area contributed by atoms with E-state index in [4.69, 9.17) is 0 Å². The number of aliphatic imine (C=N–C) groups is 1. The molecule has 2 aromatic carbocycles. The van der Waals surface area contributed by atoms with Gasteiger partial charge >= 0.3 is 0 Å². The number of nitrogens with zero attached hydrogens (tertiary/aromatic N) is 1. The van der Waals surface area contributed by atoms with E-state index in [9.17, 15) is 8.42 Å². The van der Waals surface area contributed by atoms with E-state index in [-0.39, 0.29) is 28.9 Å². The number of sulfonamides is 1. The minimum absolute atomic E-state index is 0. The van der Waals surface area contributed by atoms with Crippen molar-refractivity contribution in [1.82, 2.24) is 15.4 Å². The summed E-state index contributed by atoms with van der Waals surface area (Å²) in [6.45, 7) is 4.05. The van der Waals surface area contributed by atoms with Gasteiger partial charge in [0.15, 0.2) is 5.96 Å². The van der Waals surface area contributed by atoms with Crippen molar-refractivity contribution in [2.45, 2.75) is 24.8 Å². The van der Waals surface area contributed by atoms with Crippen LogP contribution in [0, 0.1) is 0 Å². The first-order valence-corrected chi connectivity index (χ1v) is 10.1. The molecule has 0 saturated heterocycles. The van der Waals surface area contributed by atoms with E-state index in [1.807, 2.05) is 25.1 Å². The van der Waals surface area contributed by atoms with Gasteiger partial charge < -0.3 is 10.6 Å². The molecule has 2 aromatic rings. The maximum Gasteiger partial charge on any atom is 0.240 e. The minimum atomic E-state index is -3.40. The number of nitrogens with one attached hydrogen (secondary N) is 3. The largest absolute Gasteiger partial charge is 0.357 e. The molecule has 0 saturated carbocycles.